The number of primary amides is 1. The van der Waals surface area contributed by atoms with Crippen LogP contribution >= 0.6 is 11.8 Å². The summed E-state index contributed by atoms with van der Waals surface area (Å²) < 4.78 is 0. The van der Waals surface area contributed by atoms with Crippen molar-refractivity contribution in [3.63, 3.8) is 0 Å². The van der Waals surface area contributed by atoms with Gasteiger partial charge in [-0.05, 0) is 74.5 Å². The van der Waals surface area contributed by atoms with Gasteiger partial charge in [0.05, 0.1) is 5.25 Å². The van der Waals surface area contributed by atoms with E-state index >= 15 is 0 Å². The number of rotatable bonds is 7. The highest BCUT2D eigenvalue weighted by atomic mass is 32.2. The molecule has 4 N–H and O–H groups in total. The summed E-state index contributed by atoms with van der Waals surface area (Å²) in [5.74, 6) is -0.840. The summed E-state index contributed by atoms with van der Waals surface area (Å²) in [5.41, 5.74) is 8.51. The van der Waals surface area contributed by atoms with E-state index in [1.807, 2.05) is 56.3 Å². The molecule has 3 amide bonds. The highest BCUT2D eigenvalue weighted by Gasteiger charge is 2.15. The Morgan fingerprint density at radius 2 is 1.45 bits per heavy atom. The molecule has 0 aromatic heterocycles. The third-order valence-electron chi connectivity index (χ3n) is 4.51. The van der Waals surface area contributed by atoms with Crippen LogP contribution < -0.4 is 16.4 Å². The number of carbonyl (C=O) groups is 3. The van der Waals surface area contributed by atoms with Crippen LogP contribution in [0.15, 0.2) is 77.7 Å². The summed E-state index contributed by atoms with van der Waals surface area (Å²) in [5, 5.41) is 5.35. The fourth-order valence-electron chi connectivity index (χ4n) is 2.83. The number of amides is 3. The lowest BCUT2D eigenvalue weighted by Gasteiger charge is -2.13. The summed E-state index contributed by atoms with van der Waals surface area (Å²) >= 11 is 1.41. The van der Waals surface area contributed by atoms with Crippen LogP contribution in [0.5, 0.6) is 0 Å². The smallest absolute Gasteiger partial charge is 0.255 e. The van der Waals surface area contributed by atoms with Gasteiger partial charge in [-0.3, -0.25) is 14.4 Å². The normalized spacial score (nSPS) is 11.4. The third-order valence-corrected chi connectivity index (χ3v) is 5.62. The molecular weight excluding hydrogens is 410 g/mol. The fraction of sp³-hybridized carbons (Fsp3) is 0.125. The van der Waals surface area contributed by atoms with E-state index in [1.165, 1.54) is 11.8 Å². The first-order chi connectivity index (χ1) is 14.8. The Kier molecular flexibility index (Phi) is 7.10. The lowest BCUT2D eigenvalue weighted by atomic mass is 10.1. The van der Waals surface area contributed by atoms with E-state index in [4.69, 9.17) is 5.73 Å². The van der Waals surface area contributed by atoms with Crippen LogP contribution in [-0.2, 0) is 4.79 Å². The summed E-state index contributed by atoms with van der Waals surface area (Å²) in [4.78, 5) is 36.8. The van der Waals surface area contributed by atoms with Gasteiger partial charge in [-0.1, -0.05) is 17.7 Å². The van der Waals surface area contributed by atoms with Crippen LogP contribution in [0, 0.1) is 6.92 Å². The van der Waals surface area contributed by atoms with Crippen molar-refractivity contribution in [3.8, 4) is 0 Å². The molecular formula is C24H23N3O3S. The molecule has 158 valence electrons. The molecule has 0 saturated heterocycles. The van der Waals surface area contributed by atoms with E-state index in [-0.39, 0.29) is 17.1 Å². The molecule has 0 aliphatic carbocycles. The van der Waals surface area contributed by atoms with Gasteiger partial charge in [-0.2, -0.15) is 0 Å². The molecule has 0 saturated carbocycles. The maximum absolute atomic E-state index is 12.5. The van der Waals surface area contributed by atoms with Gasteiger partial charge in [-0.25, -0.2) is 0 Å². The minimum absolute atomic E-state index is 0.159. The standard InChI is InChI=1S/C24H23N3O3S/c1-15-4-3-5-18(14-15)24(30)27-20-10-12-21(13-11-20)31-16(2)23(29)26-19-8-6-17(7-9-19)22(25)28/h3-14,16H,1-2H3,(H2,25,28)(H,26,29)(H,27,30). The maximum atomic E-state index is 12.5. The Morgan fingerprint density at radius 3 is 2.06 bits per heavy atom. The van der Waals surface area contributed by atoms with Gasteiger partial charge < -0.3 is 16.4 Å². The maximum Gasteiger partial charge on any atom is 0.255 e. The van der Waals surface area contributed by atoms with Crippen LogP contribution in [-0.4, -0.2) is 23.0 Å². The molecule has 0 spiro atoms. The monoisotopic (exact) mass is 433 g/mol. The average molecular weight is 434 g/mol. The molecule has 7 heteroatoms. The topological polar surface area (TPSA) is 101 Å². The fourth-order valence-corrected chi connectivity index (χ4v) is 3.69. The third kappa shape index (κ3) is 6.20. The van der Waals surface area contributed by atoms with E-state index in [0.29, 0.717) is 22.5 Å². The number of hydrogen-bond donors (Lipinski definition) is 3. The van der Waals surface area contributed by atoms with Crippen LogP contribution in [0.1, 0.15) is 33.2 Å². The minimum atomic E-state index is -0.514. The molecule has 0 aliphatic rings. The molecule has 3 aromatic carbocycles. The van der Waals surface area contributed by atoms with Crippen molar-refractivity contribution in [1.82, 2.24) is 0 Å². The molecule has 3 aromatic rings. The molecule has 3 rings (SSSR count). The van der Waals surface area contributed by atoms with Gasteiger partial charge in [0, 0.05) is 27.4 Å². The molecule has 31 heavy (non-hydrogen) atoms. The zero-order valence-electron chi connectivity index (χ0n) is 17.2. The van der Waals surface area contributed by atoms with Gasteiger partial charge in [0.15, 0.2) is 0 Å². The number of anilines is 2. The van der Waals surface area contributed by atoms with Crippen LogP contribution in [0.3, 0.4) is 0 Å². The number of carbonyl (C=O) groups excluding carboxylic acids is 3. The first-order valence-corrected chi connectivity index (χ1v) is 10.6. The first kappa shape index (κ1) is 22.1. The summed E-state index contributed by atoms with van der Waals surface area (Å²) in [7, 11) is 0. The molecule has 0 heterocycles. The Balaban J connectivity index is 1.55. The van der Waals surface area contributed by atoms with Gasteiger partial charge in [-0.15, -0.1) is 11.8 Å². The number of benzene rings is 3. The lowest BCUT2D eigenvalue weighted by molar-refractivity contribution is -0.115. The SMILES string of the molecule is Cc1cccc(C(=O)Nc2ccc(SC(C)C(=O)Nc3ccc(C(N)=O)cc3)cc2)c1. The zero-order chi connectivity index (χ0) is 22.4. The van der Waals surface area contributed by atoms with Gasteiger partial charge in [0.1, 0.15) is 0 Å². The number of nitrogens with two attached hydrogens (primary N) is 1. The Bertz CT molecular complexity index is 1100. The molecule has 1 atom stereocenters. The lowest BCUT2D eigenvalue weighted by Crippen LogP contribution is -2.22. The second-order valence-electron chi connectivity index (χ2n) is 7.04. The minimum Gasteiger partial charge on any atom is -0.366 e. The molecule has 0 bridgehead atoms. The summed E-state index contributed by atoms with van der Waals surface area (Å²) in [6.07, 6.45) is 0. The average Bonchev–Trinajstić information content (AvgIpc) is 2.75. The van der Waals surface area contributed by atoms with E-state index in [2.05, 4.69) is 10.6 Å². The Labute approximate surface area is 185 Å². The van der Waals surface area contributed by atoms with E-state index in [0.717, 1.165) is 10.5 Å². The largest absolute Gasteiger partial charge is 0.366 e. The Morgan fingerprint density at radius 1 is 0.839 bits per heavy atom. The van der Waals surface area contributed by atoms with Crippen molar-refractivity contribution >= 4 is 40.9 Å². The number of thioether (sulfide) groups is 1. The summed E-state index contributed by atoms with van der Waals surface area (Å²) in [6, 6.07) is 21.2. The van der Waals surface area contributed by atoms with Crippen molar-refractivity contribution in [1.29, 1.82) is 0 Å². The highest BCUT2D eigenvalue weighted by molar-refractivity contribution is 8.00. The van der Waals surface area contributed by atoms with E-state index in [1.54, 1.807) is 30.3 Å². The zero-order valence-corrected chi connectivity index (χ0v) is 18.0. The highest BCUT2D eigenvalue weighted by Crippen LogP contribution is 2.26. The van der Waals surface area contributed by atoms with Crippen LogP contribution in [0.2, 0.25) is 0 Å². The molecule has 0 radical (unpaired) electrons. The van der Waals surface area contributed by atoms with Crippen molar-refractivity contribution in [2.24, 2.45) is 5.73 Å². The van der Waals surface area contributed by atoms with Gasteiger partial charge in [0.25, 0.3) is 5.91 Å². The van der Waals surface area contributed by atoms with Gasteiger partial charge in [0.2, 0.25) is 11.8 Å². The molecule has 0 aliphatic heterocycles. The van der Waals surface area contributed by atoms with Gasteiger partial charge >= 0.3 is 0 Å². The molecule has 0 fully saturated rings. The van der Waals surface area contributed by atoms with Crippen LogP contribution in [0.25, 0.3) is 0 Å². The van der Waals surface area contributed by atoms with Crippen molar-refractivity contribution < 1.29 is 14.4 Å². The predicted octanol–water partition coefficient (Wildman–Crippen LogP) is 4.47. The van der Waals surface area contributed by atoms with E-state index < -0.39 is 5.91 Å². The second-order valence-corrected chi connectivity index (χ2v) is 8.45. The van der Waals surface area contributed by atoms with Crippen molar-refractivity contribution in [2.75, 3.05) is 10.6 Å². The molecule has 6 nitrogen and oxygen atoms in total. The number of nitrogens with one attached hydrogen (secondary N) is 2. The Hall–Kier alpha value is -3.58. The van der Waals surface area contributed by atoms with Crippen molar-refractivity contribution in [2.45, 2.75) is 24.0 Å². The quantitative estimate of drug-likeness (QED) is 0.479. The van der Waals surface area contributed by atoms with Crippen molar-refractivity contribution in [3.05, 3.63) is 89.5 Å². The summed E-state index contributed by atoms with van der Waals surface area (Å²) in [6.45, 7) is 3.75. The number of hydrogen-bond acceptors (Lipinski definition) is 4. The number of aryl methyl sites for hydroxylation is 1. The second kappa shape index (κ2) is 9.95. The predicted molar refractivity (Wildman–Crippen MR) is 124 cm³/mol. The molecule has 1 unspecified atom stereocenters. The van der Waals surface area contributed by atoms with Crippen LogP contribution in [0.4, 0.5) is 11.4 Å². The van der Waals surface area contributed by atoms with E-state index in [9.17, 15) is 14.4 Å². The first-order valence-electron chi connectivity index (χ1n) is 9.67.